The normalized spacial score (nSPS) is 30.3. The zero-order chi connectivity index (χ0) is 14.1. The smallest absolute Gasteiger partial charge is 0.154 e. The Morgan fingerprint density at radius 2 is 1.95 bits per heavy atom. The first kappa shape index (κ1) is 14.5. The molecule has 1 aromatic rings. The molecule has 0 unspecified atom stereocenters. The maximum Gasteiger partial charge on any atom is 0.154 e. The van der Waals surface area contributed by atoms with Crippen molar-refractivity contribution < 1.29 is 13.2 Å². The van der Waals surface area contributed by atoms with Crippen molar-refractivity contribution in [2.45, 2.75) is 18.1 Å². The highest BCUT2D eigenvalue weighted by Crippen LogP contribution is 2.62. The monoisotopic (exact) mass is 283 g/mol. The zero-order valence-electron chi connectivity index (χ0n) is 11.4. The number of sulfone groups is 1. The number of methoxy groups -OCH3 is 1. The van der Waals surface area contributed by atoms with Crippen LogP contribution in [-0.2, 0) is 14.6 Å². The lowest BCUT2D eigenvalue weighted by molar-refractivity contribution is 0.142. The maximum atomic E-state index is 12.3. The SMILES string of the molecule is CCS(=O)(=O)[C@@H]1[C@@H](c2ccccc2)[C@]1(CN)COC. The molecule has 106 valence electrons. The van der Waals surface area contributed by atoms with Crippen molar-refractivity contribution in [1.29, 1.82) is 0 Å². The van der Waals surface area contributed by atoms with Gasteiger partial charge >= 0.3 is 0 Å². The molecule has 0 heterocycles. The first-order valence-corrected chi connectivity index (χ1v) is 8.20. The van der Waals surface area contributed by atoms with E-state index in [-0.39, 0.29) is 11.7 Å². The molecule has 1 aliphatic rings. The quantitative estimate of drug-likeness (QED) is 0.851. The van der Waals surface area contributed by atoms with Gasteiger partial charge in [0.2, 0.25) is 0 Å². The average Bonchev–Trinajstić information content (AvgIpc) is 3.10. The molecular formula is C14H21NO3S. The molecule has 0 spiro atoms. The van der Waals surface area contributed by atoms with Gasteiger partial charge in [-0.2, -0.15) is 0 Å². The van der Waals surface area contributed by atoms with Gasteiger partial charge in [0.15, 0.2) is 9.84 Å². The summed E-state index contributed by atoms with van der Waals surface area (Å²) < 4.78 is 29.8. The molecule has 2 rings (SSSR count). The van der Waals surface area contributed by atoms with E-state index in [2.05, 4.69) is 0 Å². The summed E-state index contributed by atoms with van der Waals surface area (Å²) in [6.45, 7) is 2.39. The minimum absolute atomic E-state index is 0.0522. The molecular weight excluding hydrogens is 262 g/mol. The Hall–Kier alpha value is -0.910. The van der Waals surface area contributed by atoms with E-state index in [1.807, 2.05) is 30.3 Å². The van der Waals surface area contributed by atoms with Gasteiger partial charge in [0.05, 0.1) is 11.9 Å². The topological polar surface area (TPSA) is 69.4 Å². The molecule has 5 heteroatoms. The third kappa shape index (κ3) is 2.30. The highest BCUT2D eigenvalue weighted by atomic mass is 32.2. The number of ether oxygens (including phenoxy) is 1. The number of hydrogen-bond acceptors (Lipinski definition) is 4. The minimum atomic E-state index is -3.12. The van der Waals surface area contributed by atoms with Crippen LogP contribution in [0.2, 0.25) is 0 Å². The Bertz CT molecular complexity index is 529. The van der Waals surface area contributed by atoms with Gasteiger partial charge in [-0.1, -0.05) is 37.3 Å². The summed E-state index contributed by atoms with van der Waals surface area (Å²) in [4.78, 5) is 0. The standard InChI is InChI=1S/C14H21NO3S/c1-3-19(16,17)13-12(11-7-5-4-6-8-11)14(13,9-15)10-18-2/h4-8,12-13H,3,9-10,15H2,1-2H3/t12-,13-,14+/m1/s1. The van der Waals surface area contributed by atoms with Crippen LogP contribution in [-0.4, -0.2) is 39.7 Å². The fourth-order valence-corrected chi connectivity index (χ4v) is 5.26. The molecule has 0 bridgehead atoms. The summed E-state index contributed by atoms with van der Waals surface area (Å²) in [7, 11) is -1.53. The van der Waals surface area contributed by atoms with Crippen molar-refractivity contribution in [1.82, 2.24) is 0 Å². The second kappa shape index (κ2) is 5.23. The van der Waals surface area contributed by atoms with Crippen LogP contribution in [0.25, 0.3) is 0 Å². The predicted octanol–water partition coefficient (Wildman–Crippen LogP) is 1.18. The summed E-state index contributed by atoms with van der Waals surface area (Å²) in [6.07, 6.45) is 0. The Balaban J connectivity index is 2.41. The van der Waals surface area contributed by atoms with Gasteiger partial charge < -0.3 is 10.5 Å². The van der Waals surface area contributed by atoms with Gasteiger partial charge in [-0.15, -0.1) is 0 Å². The van der Waals surface area contributed by atoms with Crippen LogP contribution in [0.5, 0.6) is 0 Å². The number of benzene rings is 1. The van der Waals surface area contributed by atoms with E-state index in [9.17, 15) is 8.42 Å². The third-order valence-corrected chi connectivity index (χ3v) is 6.44. The van der Waals surface area contributed by atoms with E-state index >= 15 is 0 Å². The molecule has 1 fully saturated rings. The highest BCUT2D eigenvalue weighted by molar-refractivity contribution is 7.92. The zero-order valence-corrected chi connectivity index (χ0v) is 12.2. The van der Waals surface area contributed by atoms with E-state index in [1.54, 1.807) is 14.0 Å². The molecule has 0 radical (unpaired) electrons. The number of nitrogens with two attached hydrogens (primary N) is 1. The third-order valence-electron chi connectivity index (χ3n) is 4.12. The van der Waals surface area contributed by atoms with Crippen molar-refractivity contribution in [3.8, 4) is 0 Å². The lowest BCUT2D eigenvalue weighted by Gasteiger charge is -2.14. The number of rotatable bonds is 6. The lowest BCUT2D eigenvalue weighted by atomic mass is 10.0. The van der Waals surface area contributed by atoms with Crippen LogP contribution in [0, 0.1) is 5.41 Å². The molecule has 0 saturated heterocycles. The second-order valence-corrected chi connectivity index (χ2v) is 7.54. The molecule has 0 amide bonds. The van der Waals surface area contributed by atoms with E-state index in [0.717, 1.165) is 5.56 Å². The molecule has 19 heavy (non-hydrogen) atoms. The van der Waals surface area contributed by atoms with Crippen molar-refractivity contribution in [3.05, 3.63) is 35.9 Å². The molecule has 1 aromatic carbocycles. The van der Waals surface area contributed by atoms with E-state index in [1.165, 1.54) is 0 Å². The van der Waals surface area contributed by atoms with Gasteiger partial charge in [0.25, 0.3) is 0 Å². The molecule has 0 aromatic heterocycles. The number of hydrogen-bond donors (Lipinski definition) is 1. The molecule has 3 atom stereocenters. The fourth-order valence-electron chi connectivity index (χ4n) is 3.11. The van der Waals surface area contributed by atoms with Crippen molar-refractivity contribution >= 4 is 9.84 Å². The molecule has 2 N–H and O–H groups in total. The predicted molar refractivity (Wildman–Crippen MR) is 75.8 cm³/mol. The van der Waals surface area contributed by atoms with E-state index in [4.69, 9.17) is 10.5 Å². The Morgan fingerprint density at radius 1 is 1.32 bits per heavy atom. The summed E-state index contributed by atoms with van der Waals surface area (Å²) in [6, 6.07) is 9.72. The van der Waals surface area contributed by atoms with E-state index in [0.29, 0.717) is 13.2 Å². The van der Waals surface area contributed by atoms with Gasteiger partial charge in [-0.3, -0.25) is 0 Å². The largest absolute Gasteiger partial charge is 0.384 e. The van der Waals surface area contributed by atoms with Gasteiger partial charge in [0, 0.05) is 30.7 Å². The van der Waals surface area contributed by atoms with E-state index < -0.39 is 20.5 Å². The highest BCUT2D eigenvalue weighted by Gasteiger charge is 2.69. The van der Waals surface area contributed by atoms with Crippen LogP contribution in [0.15, 0.2) is 30.3 Å². The molecule has 1 aliphatic carbocycles. The molecule has 4 nitrogen and oxygen atoms in total. The van der Waals surface area contributed by atoms with Crippen molar-refractivity contribution in [3.63, 3.8) is 0 Å². The first-order chi connectivity index (χ1) is 9.03. The molecule has 1 saturated carbocycles. The van der Waals surface area contributed by atoms with Gasteiger partial charge in [-0.05, 0) is 5.56 Å². The van der Waals surface area contributed by atoms with Crippen LogP contribution >= 0.6 is 0 Å². The Kier molecular flexibility index (Phi) is 3.99. The van der Waals surface area contributed by atoms with Crippen LogP contribution in [0.3, 0.4) is 0 Å². The Labute approximate surface area is 114 Å². The average molecular weight is 283 g/mol. The summed E-state index contributed by atoms with van der Waals surface area (Å²) >= 11 is 0. The van der Waals surface area contributed by atoms with Gasteiger partial charge in [0.1, 0.15) is 0 Å². The Morgan fingerprint density at radius 3 is 2.42 bits per heavy atom. The van der Waals surface area contributed by atoms with Crippen molar-refractivity contribution in [2.75, 3.05) is 26.0 Å². The van der Waals surface area contributed by atoms with Gasteiger partial charge in [-0.25, -0.2) is 8.42 Å². The lowest BCUT2D eigenvalue weighted by Crippen LogP contribution is -2.28. The maximum absolute atomic E-state index is 12.3. The van der Waals surface area contributed by atoms with Crippen LogP contribution in [0.4, 0.5) is 0 Å². The van der Waals surface area contributed by atoms with Crippen molar-refractivity contribution in [2.24, 2.45) is 11.1 Å². The summed E-state index contributed by atoms with van der Waals surface area (Å²) in [5, 5.41) is -0.419. The first-order valence-electron chi connectivity index (χ1n) is 6.49. The minimum Gasteiger partial charge on any atom is -0.384 e. The summed E-state index contributed by atoms with van der Waals surface area (Å²) in [5.74, 6) is 0.0931. The summed E-state index contributed by atoms with van der Waals surface area (Å²) in [5.41, 5.74) is 6.45. The molecule has 0 aliphatic heterocycles. The van der Waals surface area contributed by atoms with Crippen LogP contribution < -0.4 is 5.73 Å². The van der Waals surface area contributed by atoms with Crippen LogP contribution in [0.1, 0.15) is 18.4 Å². The fraction of sp³-hybridized carbons (Fsp3) is 0.571. The second-order valence-electron chi connectivity index (χ2n) is 5.13.